The Kier molecular flexibility index (Phi) is 4.33. The van der Waals surface area contributed by atoms with Gasteiger partial charge in [0, 0.05) is 29.5 Å². The predicted octanol–water partition coefficient (Wildman–Crippen LogP) is 3.08. The number of rotatable bonds is 2. The number of nitrogens with two attached hydrogens (primary N) is 1. The van der Waals surface area contributed by atoms with Crippen LogP contribution in [0.1, 0.15) is 11.7 Å². The number of morpholine rings is 1. The lowest BCUT2D eigenvalue weighted by Crippen LogP contribution is -2.39. The molecule has 3 rings (SSSR count). The van der Waals surface area contributed by atoms with Crippen LogP contribution in [0.5, 0.6) is 0 Å². The van der Waals surface area contributed by atoms with Crippen molar-refractivity contribution in [1.82, 2.24) is 9.97 Å². The van der Waals surface area contributed by atoms with Crippen molar-refractivity contribution >= 4 is 34.8 Å². The molecule has 1 aliphatic rings. The van der Waals surface area contributed by atoms with Crippen LogP contribution in [0.2, 0.25) is 10.0 Å². The van der Waals surface area contributed by atoms with Gasteiger partial charge in [0.05, 0.1) is 18.2 Å². The van der Waals surface area contributed by atoms with Crippen molar-refractivity contribution in [3.63, 3.8) is 0 Å². The van der Waals surface area contributed by atoms with Crippen molar-refractivity contribution < 1.29 is 9.13 Å². The van der Waals surface area contributed by atoms with E-state index in [0.29, 0.717) is 41.9 Å². The van der Waals surface area contributed by atoms with Gasteiger partial charge in [-0.25, -0.2) is 14.4 Å². The zero-order valence-corrected chi connectivity index (χ0v) is 13.0. The van der Waals surface area contributed by atoms with Crippen molar-refractivity contribution in [3.8, 4) is 0 Å². The first-order valence-electron chi connectivity index (χ1n) is 6.63. The molecule has 2 aromatic rings. The molecule has 8 heteroatoms. The Morgan fingerprint density at radius 3 is 2.77 bits per heavy atom. The minimum Gasteiger partial charge on any atom is -0.381 e. The second-order valence-electron chi connectivity index (χ2n) is 4.86. The SMILES string of the molecule is Nc1nccnc1N1CCO[C@H](c2cc(F)c(Cl)cc2Cl)C1. The number of benzene rings is 1. The zero-order chi connectivity index (χ0) is 15.7. The third-order valence-corrected chi connectivity index (χ3v) is 4.08. The summed E-state index contributed by atoms with van der Waals surface area (Å²) in [5.41, 5.74) is 6.40. The standard InChI is InChI=1S/C14H13Cl2FN4O/c15-9-6-10(16)11(17)5-8(9)12-7-21(3-4-22-12)14-13(18)19-1-2-20-14/h1-2,5-6,12H,3-4,7H2,(H2,18,19)/t12-/m0/s1. The van der Waals surface area contributed by atoms with E-state index in [-0.39, 0.29) is 5.02 Å². The largest absolute Gasteiger partial charge is 0.381 e. The van der Waals surface area contributed by atoms with Gasteiger partial charge in [0.15, 0.2) is 11.6 Å². The fraction of sp³-hybridized carbons (Fsp3) is 0.286. The van der Waals surface area contributed by atoms with Gasteiger partial charge in [0.2, 0.25) is 0 Å². The Labute approximate surface area is 136 Å². The summed E-state index contributed by atoms with van der Waals surface area (Å²) in [5.74, 6) is 0.402. The van der Waals surface area contributed by atoms with Gasteiger partial charge in [-0.3, -0.25) is 0 Å². The Morgan fingerprint density at radius 2 is 2.00 bits per heavy atom. The molecule has 0 unspecified atom stereocenters. The highest BCUT2D eigenvalue weighted by Crippen LogP contribution is 2.33. The lowest BCUT2D eigenvalue weighted by atomic mass is 10.1. The third kappa shape index (κ3) is 2.95. The number of ether oxygens (including phenoxy) is 1. The van der Waals surface area contributed by atoms with Crippen molar-refractivity contribution in [3.05, 3.63) is 46.0 Å². The molecule has 1 fully saturated rings. The maximum absolute atomic E-state index is 13.7. The van der Waals surface area contributed by atoms with Crippen molar-refractivity contribution in [2.75, 3.05) is 30.3 Å². The minimum absolute atomic E-state index is 0.0143. The molecule has 0 spiro atoms. The zero-order valence-electron chi connectivity index (χ0n) is 11.5. The van der Waals surface area contributed by atoms with E-state index in [9.17, 15) is 4.39 Å². The van der Waals surface area contributed by atoms with Crippen LogP contribution in [0.4, 0.5) is 16.0 Å². The van der Waals surface area contributed by atoms with E-state index in [1.165, 1.54) is 18.3 Å². The molecule has 2 heterocycles. The molecular weight excluding hydrogens is 330 g/mol. The summed E-state index contributed by atoms with van der Waals surface area (Å²) in [7, 11) is 0. The molecule has 2 N–H and O–H groups in total. The summed E-state index contributed by atoms with van der Waals surface area (Å²) in [6.07, 6.45) is 2.71. The number of aromatic nitrogens is 2. The van der Waals surface area contributed by atoms with E-state index >= 15 is 0 Å². The van der Waals surface area contributed by atoms with E-state index in [2.05, 4.69) is 9.97 Å². The van der Waals surface area contributed by atoms with E-state index in [0.717, 1.165) is 0 Å². The van der Waals surface area contributed by atoms with Gasteiger partial charge in [0.25, 0.3) is 0 Å². The topological polar surface area (TPSA) is 64.3 Å². The van der Waals surface area contributed by atoms with Crippen molar-refractivity contribution in [1.29, 1.82) is 0 Å². The summed E-state index contributed by atoms with van der Waals surface area (Å²) >= 11 is 11.9. The first kappa shape index (κ1) is 15.3. The maximum Gasteiger partial charge on any atom is 0.171 e. The summed E-state index contributed by atoms with van der Waals surface area (Å²) in [6, 6.07) is 2.69. The molecule has 116 valence electrons. The summed E-state index contributed by atoms with van der Waals surface area (Å²) in [5, 5.41) is 0.352. The van der Waals surface area contributed by atoms with Gasteiger partial charge < -0.3 is 15.4 Å². The molecule has 1 saturated heterocycles. The number of halogens is 3. The second-order valence-corrected chi connectivity index (χ2v) is 5.67. The van der Waals surface area contributed by atoms with Crippen LogP contribution < -0.4 is 10.6 Å². The van der Waals surface area contributed by atoms with Crippen LogP contribution in [-0.2, 0) is 4.74 Å². The molecule has 0 aliphatic carbocycles. The van der Waals surface area contributed by atoms with Crippen molar-refractivity contribution in [2.24, 2.45) is 0 Å². The lowest BCUT2D eigenvalue weighted by molar-refractivity contribution is 0.0394. The monoisotopic (exact) mass is 342 g/mol. The Bertz CT molecular complexity index is 701. The molecule has 5 nitrogen and oxygen atoms in total. The summed E-state index contributed by atoms with van der Waals surface area (Å²) in [6.45, 7) is 1.51. The molecule has 1 aromatic carbocycles. The van der Waals surface area contributed by atoms with E-state index in [1.54, 1.807) is 6.20 Å². The molecule has 1 aliphatic heterocycles. The molecule has 0 saturated carbocycles. The fourth-order valence-corrected chi connectivity index (χ4v) is 2.90. The van der Waals surface area contributed by atoms with Gasteiger partial charge in [-0.15, -0.1) is 0 Å². The predicted molar refractivity (Wildman–Crippen MR) is 83.8 cm³/mol. The first-order chi connectivity index (χ1) is 10.6. The van der Waals surface area contributed by atoms with E-state index < -0.39 is 11.9 Å². The molecule has 1 atom stereocenters. The molecule has 0 radical (unpaired) electrons. The number of hydrogen-bond acceptors (Lipinski definition) is 5. The number of hydrogen-bond donors (Lipinski definition) is 1. The molecule has 1 aromatic heterocycles. The van der Waals surface area contributed by atoms with Gasteiger partial charge in [0.1, 0.15) is 11.9 Å². The van der Waals surface area contributed by atoms with Crippen molar-refractivity contribution in [2.45, 2.75) is 6.10 Å². The average Bonchev–Trinajstić information content (AvgIpc) is 2.51. The van der Waals surface area contributed by atoms with Crippen LogP contribution in [0, 0.1) is 5.82 Å². The van der Waals surface area contributed by atoms with Gasteiger partial charge in [-0.2, -0.15) is 0 Å². The molecular formula is C14H13Cl2FN4O. The summed E-state index contributed by atoms with van der Waals surface area (Å²) < 4.78 is 19.4. The van der Waals surface area contributed by atoms with Gasteiger partial charge in [-0.1, -0.05) is 23.2 Å². The van der Waals surface area contributed by atoms with E-state index in [4.69, 9.17) is 33.7 Å². The minimum atomic E-state index is -0.527. The van der Waals surface area contributed by atoms with Crippen LogP contribution in [-0.4, -0.2) is 29.7 Å². The Morgan fingerprint density at radius 1 is 1.23 bits per heavy atom. The van der Waals surface area contributed by atoms with E-state index in [1.807, 2.05) is 4.90 Å². The highest BCUT2D eigenvalue weighted by molar-refractivity contribution is 6.35. The maximum atomic E-state index is 13.7. The number of anilines is 2. The third-order valence-electron chi connectivity index (χ3n) is 3.46. The van der Waals surface area contributed by atoms with Crippen LogP contribution in [0.3, 0.4) is 0 Å². The quantitative estimate of drug-likeness (QED) is 0.849. The lowest BCUT2D eigenvalue weighted by Gasteiger charge is -2.34. The van der Waals surface area contributed by atoms with Crippen LogP contribution >= 0.6 is 23.2 Å². The molecule has 22 heavy (non-hydrogen) atoms. The normalized spacial score (nSPS) is 18.5. The Balaban J connectivity index is 1.88. The Hall–Kier alpha value is -1.63. The van der Waals surface area contributed by atoms with Crippen LogP contribution in [0.25, 0.3) is 0 Å². The fourth-order valence-electron chi connectivity index (χ4n) is 2.40. The van der Waals surface area contributed by atoms with Crippen LogP contribution in [0.15, 0.2) is 24.5 Å². The van der Waals surface area contributed by atoms with Gasteiger partial charge >= 0.3 is 0 Å². The smallest absolute Gasteiger partial charge is 0.171 e. The number of nitrogen functional groups attached to an aromatic ring is 1. The summed E-state index contributed by atoms with van der Waals surface area (Å²) in [4.78, 5) is 10.2. The molecule has 0 amide bonds. The second kappa shape index (κ2) is 6.24. The molecule has 0 bridgehead atoms. The first-order valence-corrected chi connectivity index (χ1v) is 7.39. The average molecular weight is 343 g/mol. The highest BCUT2D eigenvalue weighted by Gasteiger charge is 2.26. The van der Waals surface area contributed by atoms with Gasteiger partial charge in [-0.05, 0) is 12.1 Å². The number of nitrogens with zero attached hydrogens (tertiary/aromatic N) is 3. The highest BCUT2D eigenvalue weighted by atomic mass is 35.5.